The predicted molar refractivity (Wildman–Crippen MR) is 101 cm³/mol. The number of hydrogen-bond donors (Lipinski definition) is 1. The number of anilines is 2. The normalized spacial score (nSPS) is 15.6. The molecule has 2 aromatic carbocycles. The monoisotopic (exact) mass is 320 g/mol. The number of carbonyl (C=O) groups excluding carboxylic acids is 1. The Morgan fingerprint density at radius 1 is 1.04 bits per heavy atom. The fourth-order valence-corrected chi connectivity index (χ4v) is 2.94. The van der Waals surface area contributed by atoms with Crippen molar-refractivity contribution in [3.05, 3.63) is 66.2 Å². The van der Waals surface area contributed by atoms with E-state index in [0.717, 1.165) is 30.3 Å². The lowest BCUT2D eigenvalue weighted by atomic mass is 9.99. The second-order valence-corrected chi connectivity index (χ2v) is 6.45. The molecule has 1 amide bonds. The molecule has 3 rings (SSSR count). The van der Waals surface area contributed by atoms with Crippen molar-refractivity contribution >= 4 is 23.4 Å². The lowest BCUT2D eigenvalue weighted by Gasteiger charge is -2.32. The fourth-order valence-electron chi connectivity index (χ4n) is 2.94. The van der Waals surface area contributed by atoms with Gasteiger partial charge in [0.05, 0.1) is 0 Å². The number of nitrogens with zero attached hydrogens (tertiary/aromatic N) is 1. The number of amides is 1. The number of carbonyl (C=O) groups is 1. The van der Waals surface area contributed by atoms with Gasteiger partial charge in [-0.25, -0.2) is 0 Å². The van der Waals surface area contributed by atoms with E-state index >= 15 is 0 Å². The summed E-state index contributed by atoms with van der Waals surface area (Å²) in [6, 6.07) is 17.9. The molecule has 124 valence electrons. The summed E-state index contributed by atoms with van der Waals surface area (Å²) >= 11 is 0. The molecule has 0 aliphatic carbocycles. The Hall–Kier alpha value is -2.55. The molecule has 1 N–H and O–H groups in total. The van der Waals surface area contributed by atoms with Crippen molar-refractivity contribution in [2.75, 3.05) is 23.3 Å². The van der Waals surface area contributed by atoms with Crippen molar-refractivity contribution in [2.45, 2.75) is 19.8 Å². The largest absolute Gasteiger partial charge is 0.372 e. The van der Waals surface area contributed by atoms with Crippen LogP contribution in [0.2, 0.25) is 0 Å². The zero-order valence-electron chi connectivity index (χ0n) is 14.1. The van der Waals surface area contributed by atoms with Crippen LogP contribution in [-0.4, -0.2) is 19.0 Å². The first-order chi connectivity index (χ1) is 11.7. The molecule has 2 aromatic rings. The smallest absolute Gasteiger partial charge is 0.248 e. The van der Waals surface area contributed by atoms with Crippen LogP contribution in [-0.2, 0) is 4.79 Å². The maximum atomic E-state index is 12.0. The Labute approximate surface area is 144 Å². The Bertz CT molecular complexity index is 684. The molecule has 3 nitrogen and oxygen atoms in total. The van der Waals surface area contributed by atoms with Gasteiger partial charge in [0.25, 0.3) is 0 Å². The SMILES string of the molecule is CC1CCN(c2ccc(NC(=O)/C=C/c3ccccc3)cc2)CC1. The molecule has 0 radical (unpaired) electrons. The molecule has 0 bridgehead atoms. The van der Waals surface area contributed by atoms with Gasteiger partial charge in [0.1, 0.15) is 0 Å². The Kier molecular flexibility index (Phi) is 5.32. The molecule has 1 heterocycles. The van der Waals surface area contributed by atoms with E-state index in [2.05, 4.69) is 29.3 Å². The Morgan fingerprint density at radius 3 is 2.38 bits per heavy atom. The molecule has 0 atom stereocenters. The van der Waals surface area contributed by atoms with Crippen LogP contribution >= 0.6 is 0 Å². The fraction of sp³-hybridized carbons (Fsp3) is 0.286. The first-order valence-corrected chi connectivity index (χ1v) is 8.60. The minimum absolute atomic E-state index is 0.113. The highest BCUT2D eigenvalue weighted by Crippen LogP contribution is 2.24. The van der Waals surface area contributed by atoms with E-state index in [1.807, 2.05) is 48.5 Å². The van der Waals surface area contributed by atoms with Crippen molar-refractivity contribution in [1.29, 1.82) is 0 Å². The van der Waals surface area contributed by atoms with E-state index in [1.165, 1.54) is 18.5 Å². The summed E-state index contributed by atoms with van der Waals surface area (Å²) in [5.41, 5.74) is 3.08. The van der Waals surface area contributed by atoms with Crippen LogP contribution in [0.25, 0.3) is 6.08 Å². The quantitative estimate of drug-likeness (QED) is 0.837. The van der Waals surface area contributed by atoms with Gasteiger partial charge in [-0.1, -0.05) is 37.3 Å². The summed E-state index contributed by atoms with van der Waals surface area (Å²) < 4.78 is 0. The summed E-state index contributed by atoms with van der Waals surface area (Å²) in [5, 5.41) is 2.91. The van der Waals surface area contributed by atoms with E-state index in [9.17, 15) is 4.79 Å². The second kappa shape index (κ2) is 7.82. The van der Waals surface area contributed by atoms with Crippen LogP contribution < -0.4 is 10.2 Å². The molecule has 0 aromatic heterocycles. The summed E-state index contributed by atoms with van der Waals surface area (Å²) in [4.78, 5) is 14.4. The van der Waals surface area contributed by atoms with Crippen molar-refractivity contribution in [2.24, 2.45) is 5.92 Å². The van der Waals surface area contributed by atoms with Gasteiger partial charge in [0.2, 0.25) is 5.91 Å². The average molecular weight is 320 g/mol. The summed E-state index contributed by atoms with van der Waals surface area (Å²) in [6.45, 7) is 4.55. The van der Waals surface area contributed by atoms with Gasteiger partial charge < -0.3 is 10.2 Å². The number of benzene rings is 2. The summed E-state index contributed by atoms with van der Waals surface area (Å²) in [6.07, 6.45) is 5.89. The van der Waals surface area contributed by atoms with E-state index in [0.29, 0.717) is 0 Å². The van der Waals surface area contributed by atoms with Crippen molar-refractivity contribution in [3.63, 3.8) is 0 Å². The average Bonchev–Trinajstić information content (AvgIpc) is 2.62. The number of nitrogens with one attached hydrogen (secondary N) is 1. The molecular formula is C21H24N2O. The maximum Gasteiger partial charge on any atom is 0.248 e. The van der Waals surface area contributed by atoms with Crippen LogP contribution in [0.1, 0.15) is 25.3 Å². The first kappa shape index (κ1) is 16.3. The highest BCUT2D eigenvalue weighted by atomic mass is 16.1. The van der Waals surface area contributed by atoms with E-state index in [4.69, 9.17) is 0 Å². The molecule has 24 heavy (non-hydrogen) atoms. The van der Waals surface area contributed by atoms with Crippen molar-refractivity contribution in [1.82, 2.24) is 0 Å². The molecule has 0 spiro atoms. The van der Waals surface area contributed by atoms with E-state index < -0.39 is 0 Å². The molecule has 1 fully saturated rings. The first-order valence-electron chi connectivity index (χ1n) is 8.60. The summed E-state index contributed by atoms with van der Waals surface area (Å²) in [5.74, 6) is 0.717. The van der Waals surface area contributed by atoms with Gasteiger partial charge in [-0.15, -0.1) is 0 Å². The molecule has 0 saturated carbocycles. The maximum absolute atomic E-state index is 12.0. The van der Waals surface area contributed by atoms with Crippen LogP contribution in [0.15, 0.2) is 60.7 Å². The highest BCUT2D eigenvalue weighted by molar-refractivity contribution is 6.02. The molecule has 1 aliphatic heterocycles. The van der Waals surface area contributed by atoms with Crippen LogP contribution in [0, 0.1) is 5.92 Å². The minimum Gasteiger partial charge on any atom is -0.372 e. The van der Waals surface area contributed by atoms with Crippen LogP contribution in [0.5, 0.6) is 0 Å². The van der Waals surface area contributed by atoms with Gasteiger partial charge in [-0.3, -0.25) is 4.79 Å². The topological polar surface area (TPSA) is 32.3 Å². The minimum atomic E-state index is -0.113. The van der Waals surface area contributed by atoms with E-state index in [1.54, 1.807) is 6.08 Å². The number of hydrogen-bond acceptors (Lipinski definition) is 2. The lowest BCUT2D eigenvalue weighted by Crippen LogP contribution is -2.32. The molecule has 0 unspecified atom stereocenters. The zero-order valence-corrected chi connectivity index (χ0v) is 14.1. The standard InChI is InChI=1S/C21H24N2O/c1-17-13-15-23(16-14-17)20-10-8-19(9-11-20)22-21(24)12-7-18-5-3-2-4-6-18/h2-12,17H,13-16H2,1H3,(H,22,24)/b12-7+. The van der Waals surface area contributed by atoms with Gasteiger partial charge in [0.15, 0.2) is 0 Å². The van der Waals surface area contributed by atoms with Gasteiger partial charge in [-0.2, -0.15) is 0 Å². The third-order valence-electron chi connectivity index (χ3n) is 4.51. The van der Waals surface area contributed by atoms with Gasteiger partial charge >= 0.3 is 0 Å². The molecule has 3 heteroatoms. The third-order valence-corrected chi connectivity index (χ3v) is 4.51. The van der Waals surface area contributed by atoms with Crippen molar-refractivity contribution < 1.29 is 4.79 Å². The lowest BCUT2D eigenvalue weighted by molar-refractivity contribution is -0.111. The predicted octanol–water partition coefficient (Wildman–Crippen LogP) is 4.57. The van der Waals surface area contributed by atoms with Gasteiger partial charge in [-0.05, 0) is 54.7 Å². The van der Waals surface area contributed by atoms with Crippen LogP contribution in [0.3, 0.4) is 0 Å². The van der Waals surface area contributed by atoms with Gasteiger partial charge in [0, 0.05) is 30.5 Å². The Balaban J connectivity index is 1.56. The highest BCUT2D eigenvalue weighted by Gasteiger charge is 2.15. The zero-order chi connectivity index (χ0) is 16.8. The van der Waals surface area contributed by atoms with E-state index in [-0.39, 0.29) is 5.91 Å². The molecule has 1 aliphatic rings. The third kappa shape index (κ3) is 4.48. The molecule has 1 saturated heterocycles. The Morgan fingerprint density at radius 2 is 1.71 bits per heavy atom. The number of piperidine rings is 1. The van der Waals surface area contributed by atoms with Crippen molar-refractivity contribution in [3.8, 4) is 0 Å². The second-order valence-electron chi connectivity index (χ2n) is 6.45. The van der Waals surface area contributed by atoms with Crippen LogP contribution in [0.4, 0.5) is 11.4 Å². The molecular weight excluding hydrogens is 296 g/mol. The summed E-state index contributed by atoms with van der Waals surface area (Å²) in [7, 11) is 0. The number of rotatable bonds is 4.